The number of benzene rings is 1. The zero-order valence-electron chi connectivity index (χ0n) is 11.0. The number of nitrogens with one attached hydrogen (secondary N) is 2. The number of aromatic amines is 1. The summed E-state index contributed by atoms with van der Waals surface area (Å²) in [4.78, 5) is 4.60. The van der Waals surface area contributed by atoms with Crippen LogP contribution in [-0.2, 0) is 0 Å². The molecule has 1 atom stereocenters. The van der Waals surface area contributed by atoms with Crippen molar-refractivity contribution in [3.05, 3.63) is 30.1 Å². The first kappa shape index (κ1) is 12.2. The van der Waals surface area contributed by atoms with Crippen molar-refractivity contribution in [2.24, 2.45) is 0 Å². The fourth-order valence-corrected chi connectivity index (χ4v) is 2.47. The maximum atomic E-state index is 5.34. The van der Waals surface area contributed by atoms with Gasteiger partial charge in [0.1, 0.15) is 11.6 Å². The topological polar surface area (TPSA) is 62.8 Å². The van der Waals surface area contributed by atoms with Crippen LogP contribution in [0, 0.1) is 0 Å². The third-order valence-corrected chi connectivity index (χ3v) is 3.49. The number of methoxy groups -OCH3 is 1. The van der Waals surface area contributed by atoms with Gasteiger partial charge in [0, 0.05) is 0 Å². The molecule has 1 fully saturated rings. The lowest BCUT2D eigenvalue weighted by molar-refractivity contribution is 0.398. The van der Waals surface area contributed by atoms with E-state index in [2.05, 4.69) is 20.5 Å². The van der Waals surface area contributed by atoms with Crippen molar-refractivity contribution in [3.8, 4) is 17.1 Å². The highest BCUT2D eigenvalue weighted by Gasteiger charge is 2.19. The molecule has 1 aliphatic rings. The first-order chi connectivity index (χ1) is 9.38. The molecule has 0 bridgehead atoms. The summed E-state index contributed by atoms with van der Waals surface area (Å²) in [6.45, 7) is 1.05. The Morgan fingerprint density at radius 2 is 2.16 bits per heavy atom. The molecule has 1 unspecified atom stereocenters. The number of nitrogens with zero attached hydrogens (tertiary/aromatic N) is 2. The van der Waals surface area contributed by atoms with Gasteiger partial charge in [-0.05, 0) is 31.5 Å². The Hall–Kier alpha value is -1.88. The molecule has 0 amide bonds. The predicted octanol–water partition coefficient (Wildman–Crippen LogP) is 2.29. The quantitative estimate of drug-likeness (QED) is 0.886. The van der Waals surface area contributed by atoms with Crippen molar-refractivity contribution >= 4 is 0 Å². The van der Waals surface area contributed by atoms with Gasteiger partial charge in [-0.3, -0.25) is 5.10 Å². The van der Waals surface area contributed by atoms with E-state index in [1.807, 2.05) is 24.3 Å². The smallest absolute Gasteiger partial charge is 0.184 e. The minimum Gasteiger partial charge on any atom is -0.496 e. The Kier molecular flexibility index (Phi) is 3.46. The van der Waals surface area contributed by atoms with Crippen LogP contribution in [0.25, 0.3) is 11.4 Å². The van der Waals surface area contributed by atoms with Crippen LogP contribution in [0.5, 0.6) is 5.75 Å². The number of piperidine rings is 1. The van der Waals surface area contributed by atoms with E-state index in [9.17, 15) is 0 Å². The van der Waals surface area contributed by atoms with Crippen molar-refractivity contribution < 1.29 is 4.74 Å². The van der Waals surface area contributed by atoms with E-state index in [-0.39, 0.29) is 0 Å². The molecule has 3 rings (SSSR count). The van der Waals surface area contributed by atoms with Gasteiger partial charge in [0.15, 0.2) is 5.82 Å². The van der Waals surface area contributed by atoms with Crippen molar-refractivity contribution in [2.75, 3.05) is 13.7 Å². The summed E-state index contributed by atoms with van der Waals surface area (Å²) in [5.74, 6) is 2.41. The second kappa shape index (κ2) is 5.40. The fraction of sp³-hybridized carbons (Fsp3) is 0.429. The molecule has 5 nitrogen and oxygen atoms in total. The third kappa shape index (κ3) is 2.46. The first-order valence-corrected chi connectivity index (χ1v) is 6.67. The molecule has 1 aromatic heterocycles. The molecule has 100 valence electrons. The van der Waals surface area contributed by atoms with Crippen molar-refractivity contribution in [1.29, 1.82) is 0 Å². The number of rotatable bonds is 3. The van der Waals surface area contributed by atoms with Crippen LogP contribution in [0.15, 0.2) is 24.3 Å². The molecule has 0 radical (unpaired) electrons. The van der Waals surface area contributed by atoms with Gasteiger partial charge in [0.2, 0.25) is 0 Å². The Bertz CT molecular complexity index is 546. The summed E-state index contributed by atoms with van der Waals surface area (Å²) < 4.78 is 5.34. The average Bonchev–Trinajstić information content (AvgIpc) is 2.98. The highest BCUT2D eigenvalue weighted by molar-refractivity contribution is 5.63. The van der Waals surface area contributed by atoms with Crippen LogP contribution in [-0.4, -0.2) is 28.8 Å². The molecule has 2 heterocycles. The van der Waals surface area contributed by atoms with E-state index in [1.54, 1.807) is 7.11 Å². The van der Waals surface area contributed by atoms with Crippen LogP contribution in [0.2, 0.25) is 0 Å². The summed E-state index contributed by atoms with van der Waals surface area (Å²) in [6, 6.07) is 8.10. The average molecular weight is 258 g/mol. The zero-order valence-corrected chi connectivity index (χ0v) is 11.0. The van der Waals surface area contributed by atoms with E-state index < -0.39 is 0 Å². The van der Waals surface area contributed by atoms with E-state index in [0.29, 0.717) is 11.9 Å². The number of para-hydroxylation sites is 1. The molecule has 19 heavy (non-hydrogen) atoms. The zero-order chi connectivity index (χ0) is 13.1. The monoisotopic (exact) mass is 258 g/mol. The van der Waals surface area contributed by atoms with Gasteiger partial charge in [-0.1, -0.05) is 18.6 Å². The van der Waals surface area contributed by atoms with Gasteiger partial charge in [0.05, 0.1) is 18.7 Å². The molecular weight excluding hydrogens is 240 g/mol. The van der Waals surface area contributed by atoms with Crippen molar-refractivity contribution in [2.45, 2.75) is 25.3 Å². The van der Waals surface area contributed by atoms with E-state index >= 15 is 0 Å². The molecule has 2 N–H and O–H groups in total. The Balaban J connectivity index is 1.88. The summed E-state index contributed by atoms with van der Waals surface area (Å²) in [5, 5.41) is 10.8. The minimum atomic E-state index is 0.296. The minimum absolute atomic E-state index is 0.296. The van der Waals surface area contributed by atoms with Crippen molar-refractivity contribution in [3.63, 3.8) is 0 Å². The van der Waals surface area contributed by atoms with Crippen LogP contribution in [0.4, 0.5) is 0 Å². The first-order valence-electron chi connectivity index (χ1n) is 6.67. The lowest BCUT2D eigenvalue weighted by atomic mass is 10.0. The SMILES string of the molecule is COc1ccccc1-c1n[nH]c(C2CCCCN2)n1. The molecule has 2 aromatic rings. The van der Waals surface area contributed by atoms with Gasteiger partial charge in [0.25, 0.3) is 0 Å². The van der Waals surface area contributed by atoms with E-state index in [0.717, 1.165) is 30.1 Å². The highest BCUT2D eigenvalue weighted by atomic mass is 16.5. The third-order valence-electron chi connectivity index (χ3n) is 3.49. The predicted molar refractivity (Wildman–Crippen MR) is 73.0 cm³/mol. The summed E-state index contributed by atoms with van der Waals surface area (Å²) >= 11 is 0. The van der Waals surface area contributed by atoms with Crippen LogP contribution < -0.4 is 10.1 Å². The van der Waals surface area contributed by atoms with Crippen LogP contribution >= 0.6 is 0 Å². The summed E-state index contributed by atoms with van der Waals surface area (Å²) in [7, 11) is 1.66. The van der Waals surface area contributed by atoms with E-state index in [1.165, 1.54) is 12.8 Å². The molecule has 0 saturated carbocycles. The molecule has 1 aromatic carbocycles. The molecule has 5 heteroatoms. The molecule has 1 aliphatic heterocycles. The summed E-state index contributed by atoms with van der Waals surface area (Å²) in [6.07, 6.45) is 3.59. The number of hydrogen-bond acceptors (Lipinski definition) is 4. The lowest BCUT2D eigenvalue weighted by Crippen LogP contribution is -2.27. The normalized spacial score (nSPS) is 19.3. The Morgan fingerprint density at radius 1 is 1.26 bits per heavy atom. The molecular formula is C14H18N4O. The van der Waals surface area contributed by atoms with Crippen LogP contribution in [0.1, 0.15) is 31.1 Å². The van der Waals surface area contributed by atoms with Gasteiger partial charge in [-0.25, -0.2) is 4.98 Å². The molecule has 0 aliphatic carbocycles. The largest absolute Gasteiger partial charge is 0.496 e. The van der Waals surface area contributed by atoms with Gasteiger partial charge in [-0.15, -0.1) is 0 Å². The fourth-order valence-electron chi connectivity index (χ4n) is 2.47. The summed E-state index contributed by atoms with van der Waals surface area (Å²) in [5.41, 5.74) is 0.920. The van der Waals surface area contributed by atoms with Gasteiger partial charge >= 0.3 is 0 Å². The standard InChI is InChI=1S/C14H18N4O/c1-19-12-8-3-2-6-10(12)13-16-14(18-17-13)11-7-4-5-9-15-11/h2-3,6,8,11,15H,4-5,7,9H2,1H3,(H,16,17,18). The van der Waals surface area contributed by atoms with Crippen LogP contribution in [0.3, 0.4) is 0 Å². The maximum absolute atomic E-state index is 5.34. The van der Waals surface area contributed by atoms with Crippen molar-refractivity contribution in [1.82, 2.24) is 20.5 Å². The molecule has 1 saturated heterocycles. The Labute approximate surface area is 112 Å². The lowest BCUT2D eigenvalue weighted by Gasteiger charge is -2.20. The number of aromatic nitrogens is 3. The molecule has 0 spiro atoms. The number of H-pyrrole nitrogens is 1. The second-order valence-corrected chi connectivity index (χ2v) is 4.75. The van der Waals surface area contributed by atoms with Gasteiger partial charge in [-0.2, -0.15) is 5.10 Å². The van der Waals surface area contributed by atoms with E-state index in [4.69, 9.17) is 4.74 Å². The second-order valence-electron chi connectivity index (χ2n) is 4.75. The van der Waals surface area contributed by atoms with Gasteiger partial charge < -0.3 is 10.1 Å². The maximum Gasteiger partial charge on any atom is 0.184 e. The number of ether oxygens (including phenoxy) is 1. The number of hydrogen-bond donors (Lipinski definition) is 2. The Morgan fingerprint density at radius 3 is 2.95 bits per heavy atom. The highest BCUT2D eigenvalue weighted by Crippen LogP contribution is 2.28.